The summed E-state index contributed by atoms with van der Waals surface area (Å²) in [6.45, 7) is 0. The molecule has 2 aromatic rings. The van der Waals surface area contributed by atoms with Crippen LogP contribution < -0.4 is 4.74 Å². The van der Waals surface area contributed by atoms with Crippen LogP contribution in [0.3, 0.4) is 0 Å². The van der Waals surface area contributed by atoms with E-state index in [1.54, 1.807) is 6.07 Å². The topological polar surface area (TPSA) is 35.0 Å². The first-order valence-electron chi connectivity index (χ1n) is 4.78. The SMILES string of the molecule is FC(F)(F)Oc1ccccc1-c1cncc(Br)n1. The predicted molar refractivity (Wildman–Crippen MR) is 61.9 cm³/mol. The van der Waals surface area contributed by atoms with E-state index in [9.17, 15) is 13.2 Å². The van der Waals surface area contributed by atoms with Crippen molar-refractivity contribution in [2.24, 2.45) is 0 Å². The lowest BCUT2D eigenvalue weighted by Gasteiger charge is -2.12. The van der Waals surface area contributed by atoms with Crippen molar-refractivity contribution in [2.75, 3.05) is 0 Å². The number of benzene rings is 1. The number of nitrogens with zero attached hydrogens (tertiary/aromatic N) is 2. The summed E-state index contributed by atoms with van der Waals surface area (Å²) in [5.74, 6) is -0.308. The molecule has 0 amide bonds. The molecule has 0 bridgehead atoms. The Hall–Kier alpha value is -1.63. The number of aromatic nitrogens is 2. The highest BCUT2D eigenvalue weighted by Crippen LogP contribution is 2.32. The number of hydrogen-bond donors (Lipinski definition) is 0. The zero-order valence-electron chi connectivity index (χ0n) is 8.78. The van der Waals surface area contributed by atoms with Crippen LogP contribution in [0.2, 0.25) is 0 Å². The average molecular weight is 319 g/mol. The fourth-order valence-corrected chi connectivity index (χ4v) is 1.67. The molecule has 1 aromatic carbocycles. The van der Waals surface area contributed by atoms with E-state index >= 15 is 0 Å². The van der Waals surface area contributed by atoms with E-state index in [1.807, 2.05) is 0 Å². The van der Waals surface area contributed by atoms with Gasteiger partial charge in [-0.05, 0) is 28.1 Å². The van der Waals surface area contributed by atoms with Crippen LogP contribution in [-0.2, 0) is 0 Å². The lowest BCUT2D eigenvalue weighted by Crippen LogP contribution is -2.17. The molecule has 0 N–H and O–H groups in total. The van der Waals surface area contributed by atoms with Crippen molar-refractivity contribution in [3.8, 4) is 17.0 Å². The van der Waals surface area contributed by atoms with Gasteiger partial charge in [0.1, 0.15) is 10.4 Å². The Balaban J connectivity index is 2.45. The third kappa shape index (κ3) is 3.19. The molecular weight excluding hydrogens is 313 g/mol. The van der Waals surface area contributed by atoms with Gasteiger partial charge < -0.3 is 4.74 Å². The van der Waals surface area contributed by atoms with E-state index in [4.69, 9.17) is 0 Å². The van der Waals surface area contributed by atoms with Crippen LogP contribution in [0.4, 0.5) is 13.2 Å². The highest BCUT2D eigenvalue weighted by molar-refractivity contribution is 9.10. The normalized spacial score (nSPS) is 11.3. The van der Waals surface area contributed by atoms with Crippen LogP contribution in [0.5, 0.6) is 5.75 Å². The predicted octanol–water partition coefficient (Wildman–Crippen LogP) is 3.80. The third-order valence-corrected chi connectivity index (χ3v) is 2.38. The van der Waals surface area contributed by atoms with Gasteiger partial charge in [-0.25, -0.2) is 4.98 Å². The van der Waals surface area contributed by atoms with E-state index in [2.05, 4.69) is 30.6 Å². The molecule has 94 valence electrons. The minimum Gasteiger partial charge on any atom is -0.405 e. The molecule has 0 unspecified atom stereocenters. The zero-order valence-corrected chi connectivity index (χ0v) is 10.4. The monoisotopic (exact) mass is 318 g/mol. The summed E-state index contributed by atoms with van der Waals surface area (Å²) in [4.78, 5) is 7.89. The number of halogens is 4. The summed E-state index contributed by atoms with van der Waals surface area (Å²) in [6, 6.07) is 5.76. The first-order chi connectivity index (χ1) is 8.46. The minimum atomic E-state index is -4.74. The van der Waals surface area contributed by atoms with E-state index in [0.717, 1.165) is 0 Å². The van der Waals surface area contributed by atoms with Gasteiger partial charge >= 0.3 is 6.36 Å². The van der Waals surface area contributed by atoms with E-state index in [1.165, 1.54) is 30.6 Å². The van der Waals surface area contributed by atoms with E-state index in [-0.39, 0.29) is 11.3 Å². The maximum absolute atomic E-state index is 12.2. The summed E-state index contributed by atoms with van der Waals surface area (Å²) in [5, 5.41) is 0. The van der Waals surface area contributed by atoms with Gasteiger partial charge in [0.05, 0.1) is 18.1 Å². The van der Waals surface area contributed by atoms with Gasteiger partial charge in [-0.3, -0.25) is 4.98 Å². The smallest absolute Gasteiger partial charge is 0.405 e. The Morgan fingerprint density at radius 1 is 1.11 bits per heavy atom. The molecule has 0 fully saturated rings. The highest BCUT2D eigenvalue weighted by Gasteiger charge is 2.32. The molecule has 3 nitrogen and oxygen atoms in total. The maximum Gasteiger partial charge on any atom is 0.573 e. The molecule has 0 radical (unpaired) electrons. The summed E-state index contributed by atoms with van der Waals surface area (Å²) >= 11 is 3.11. The minimum absolute atomic E-state index is 0.226. The van der Waals surface area contributed by atoms with Gasteiger partial charge in [-0.15, -0.1) is 13.2 Å². The molecule has 0 saturated heterocycles. The van der Waals surface area contributed by atoms with Gasteiger partial charge in [0.15, 0.2) is 0 Å². The molecule has 1 aromatic heterocycles. The molecule has 0 aliphatic rings. The van der Waals surface area contributed by atoms with Gasteiger partial charge in [-0.1, -0.05) is 12.1 Å². The maximum atomic E-state index is 12.2. The van der Waals surface area contributed by atoms with Crippen LogP contribution in [0.25, 0.3) is 11.3 Å². The Kier molecular flexibility index (Phi) is 3.51. The molecule has 0 spiro atoms. The molecule has 0 aliphatic carbocycles. The fraction of sp³-hybridized carbons (Fsp3) is 0.0909. The quantitative estimate of drug-likeness (QED) is 0.844. The molecule has 1 heterocycles. The zero-order chi connectivity index (χ0) is 13.2. The Labute approximate surface area is 109 Å². The highest BCUT2D eigenvalue weighted by atomic mass is 79.9. The standard InChI is InChI=1S/C11H6BrF3N2O/c12-10-6-16-5-8(17-10)7-3-1-2-4-9(7)18-11(13,14)15/h1-6H. The lowest BCUT2D eigenvalue weighted by molar-refractivity contribution is -0.274. The second kappa shape index (κ2) is 4.93. The van der Waals surface area contributed by atoms with Crippen molar-refractivity contribution in [3.63, 3.8) is 0 Å². The van der Waals surface area contributed by atoms with Crippen LogP contribution >= 0.6 is 15.9 Å². The summed E-state index contributed by atoms with van der Waals surface area (Å²) < 4.78 is 41.1. The molecular formula is C11H6BrF3N2O. The van der Waals surface area contributed by atoms with Crippen molar-refractivity contribution in [3.05, 3.63) is 41.3 Å². The van der Waals surface area contributed by atoms with Crippen LogP contribution in [0, 0.1) is 0 Å². The van der Waals surface area contributed by atoms with Gasteiger partial charge in [0.25, 0.3) is 0 Å². The number of rotatable bonds is 2. The Morgan fingerprint density at radius 3 is 2.50 bits per heavy atom. The first-order valence-corrected chi connectivity index (χ1v) is 5.58. The number of ether oxygens (including phenoxy) is 1. The Morgan fingerprint density at radius 2 is 1.83 bits per heavy atom. The van der Waals surface area contributed by atoms with Crippen molar-refractivity contribution in [1.82, 2.24) is 9.97 Å². The molecule has 18 heavy (non-hydrogen) atoms. The molecule has 0 atom stereocenters. The molecule has 2 rings (SSSR count). The Bertz CT molecular complexity index is 560. The molecule has 7 heteroatoms. The summed E-state index contributed by atoms with van der Waals surface area (Å²) in [5.41, 5.74) is 0.521. The van der Waals surface area contributed by atoms with Crippen molar-refractivity contribution >= 4 is 15.9 Å². The van der Waals surface area contributed by atoms with Crippen LogP contribution in [-0.4, -0.2) is 16.3 Å². The van der Waals surface area contributed by atoms with Gasteiger partial charge in [0.2, 0.25) is 0 Å². The first kappa shape index (κ1) is 12.8. The summed E-state index contributed by atoms with van der Waals surface area (Å²) in [7, 11) is 0. The number of para-hydroxylation sites is 1. The fourth-order valence-electron chi connectivity index (χ4n) is 1.36. The van der Waals surface area contributed by atoms with Gasteiger partial charge in [-0.2, -0.15) is 0 Å². The largest absolute Gasteiger partial charge is 0.573 e. The second-order valence-corrected chi connectivity index (χ2v) is 4.08. The number of alkyl halides is 3. The van der Waals surface area contributed by atoms with E-state index < -0.39 is 6.36 Å². The molecule has 0 aliphatic heterocycles. The lowest BCUT2D eigenvalue weighted by atomic mass is 10.1. The average Bonchev–Trinajstić information content (AvgIpc) is 2.27. The van der Waals surface area contributed by atoms with E-state index in [0.29, 0.717) is 10.3 Å². The summed E-state index contributed by atoms with van der Waals surface area (Å²) in [6.07, 6.45) is -1.93. The van der Waals surface area contributed by atoms with Crippen LogP contribution in [0.15, 0.2) is 41.3 Å². The van der Waals surface area contributed by atoms with Crippen LogP contribution in [0.1, 0.15) is 0 Å². The van der Waals surface area contributed by atoms with Crippen molar-refractivity contribution in [1.29, 1.82) is 0 Å². The second-order valence-electron chi connectivity index (χ2n) is 3.27. The number of hydrogen-bond acceptors (Lipinski definition) is 3. The van der Waals surface area contributed by atoms with Crippen molar-refractivity contribution in [2.45, 2.75) is 6.36 Å². The van der Waals surface area contributed by atoms with Gasteiger partial charge in [0, 0.05) is 5.56 Å². The van der Waals surface area contributed by atoms with Crippen molar-refractivity contribution < 1.29 is 17.9 Å². The molecule has 0 saturated carbocycles. The third-order valence-electron chi connectivity index (χ3n) is 1.99.